The van der Waals surface area contributed by atoms with E-state index < -0.39 is 11.6 Å². The van der Waals surface area contributed by atoms with E-state index in [9.17, 15) is 37.5 Å². The zero-order valence-corrected chi connectivity index (χ0v) is 59.5. The number of hydrogen-bond donors (Lipinski definition) is 0. The number of rotatable bonds is 17. The Bertz CT molecular complexity index is 5530. The molecule has 0 saturated carbocycles. The predicted octanol–water partition coefficient (Wildman–Crippen LogP) is 13.9. The molecule has 107 heavy (non-hydrogen) atoms. The minimum atomic E-state index is -0.519. The van der Waals surface area contributed by atoms with Crippen molar-refractivity contribution in [2.24, 2.45) is 0 Å². The van der Waals surface area contributed by atoms with Crippen LogP contribution in [0.15, 0.2) is 235 Å². The van der Waals surface area contributed by atoms with Gasteiger partial charge in [-0.2, -0.15) is 0 Å². The largest absolute Gasteiger partial charge is 0.496 e. The lowest BCUT2D eigenvalue weighted by Crippen LogP contribution is -2.42. The van der Waals surface area contributed by atoms with Gasteiger partial charge in [-0.05, 0) is 197 Å². The fraction of sp³-hybridized carbons (Fsp3) is 0.232. The summed E-state index contributed by atoms with van der Waals surface area (Å²) in [5.74, 6) is 2.14. The highest BCUT2D eigenvalue weighted by Crippen LogP contribution is 2.37. The van der Waals surface area contributed by atoms with Crippen molar-refractivity contribution >= 4 is 50.8 Å². The van der Waals surface area contributed by atoms with Crippen LogP contribution in [0.3, 0.4) is 0 Å². The molecule has 15 rings (SSSR count). The Balaban J connectivity index is 0.000000142. The first kappa shape index (κ1) is 72.4. The lowest BCUT2D eigenvalue weighted by Gasteiger charge is -2.32. The Hall–Kier alpha value is -12.9. The Morgan fingerprint density at radius 3 is 1.16 bits per heavy atom. The van der Waals surface area contributed by atoms with Gasteiger partial charge in [0.05, 0.1) is 101 Å². The molecule has 546 valence electrons. The number of halogens is 2. The minimum Gasteiger partial charge on any atom is -0.496 e. The van der Waals surface area contributed by atoms with E-state index in [0.29, 0.717) is 101 Å². The first-order valence-corrected chi connectivity index (χ1v) is 35.0. The number of likely N-dealkylation sites (tertiary alicyclic amines) is 3. The summed E-state index contributed by atoms with van der Waals surface area (Å²) in [7, 11) is 3.01. The van der Waals surface area contributed by atoms with Crippen molar-refractivity contribution in [1.82, 2.24) is 57.1 Å². The Kier molecular flexibility index (Phi) is 21.6. The summed E-state index contributed by atoms with van der Waals surface area (Å²) >= 11 is 0. The van der Waals surface area contributed by atoms with E-state index in [1.165, 1.54) is 37.5 Å². The normalized spacial score (nSPS) is 15.7. The van der Waals surface area contributed by atoms with Crippen LogP contribution in [0.25, 0.3) is 50.2 Å². The van der Waals surface area contributed by atoms with Crippen LogP contribution in [0.1, 0.15) is 67.8 Å². The van der Waals surface area contributed by atoms with Gasteiger partial charge in [-0.15, -0.1) is 0 Å². The van der Waals surface area contributed by atoms with Crippen molar-refractivity contribution in [2.75, 3.05) is 53.5 Å². The molecular formula is C82H78F2N12O11. The summed E-state index contributed by atoms with van der Waals surface area (Å²) in [5.41, 5.74) is 7.15. The van der Waals surface area contributed by atoms with E-state index in [0.717, 1.165) is 66.4 Å². The van der Waals surface area contributed by atoms with Crippen molar-refractivity contribution in [3.05, 3.63) is 275 Å². The van der Waals surface area contributed by atoms with Crippen LogP contribution < -0.4 is 40.8 Å². The molecule has 6 aromatic heterocycles. The fourth-order valence-electron chi connectivity index (χ4n) is 14.3. The number of amides is 3. The summed E-state index contributed by atoms with van der Waals surface area (Å²) in [6.07, 6.45) is 18.8. The van der Waals surface area contributed by atoms with Gasteiger partial charge in [0.1, 0.15) is 28.7 Å². The maximum absolute atomic E-state index is 14.3. The summed E-state index contributed by atoms with van der Waals surface area (Å²) in [5, 5.41) is 0. The van der Waals surface area contributed by atoms with Gasteiger partial charge in [0.25, 0.3) is 0 Å². The third-order valence-corrected chi connectivity index (χ3v) is 19.5. The fourth-order valence-corrected chi connectivity index (χ4v) is 14.3. The number of aryl methyl sites for hydroxylation is 1. The quantitative estimate of drug-likeness (QED) is 0.0773. The molecule has 3 unspecified atom stereocenters. The SMILES string of the molecule is C=CC(=O)N1CCCC(n2c(=O)n(-c3ccc(Oc4cccc(C)c4F)cc3)c3cnccc32)C1.C=CC(=O)N1CCCC(n2c(=O)n(-c3ccc(Oc4cccc(F)c4OC)cc3)c3cnccc32)C1.C=CC(=O)N1CCCC(n2c(=O)n(-c3ccc(Oc4cccc(OC)c4C)cc3)c3cnccc32)C1. The lowest BCUT2D eigenvalue weighted by atomic mass is 10.1. The van der Waals surface area contributed by atoms with E-state index in [-0.39, 0.29) is 70.2 Å². The number of fused-ring (bicyclic) bond motifs is 3. The molecule has 0 bridgehead atoms. The molecule has 0 aliphatic carbocycles. The van der Waals surface area contributed by atoms with Crippen LogP contribution in [-0.2, 0) is 14.4 Å². The van der Waals surface area contributed by atoms with Gasteiger partial charge in [-0.1, -0.05) is 44.0 Å². The highest BCUT2D eigenvalue weighted by molar-refractivity contribution is 5.88. The Morgan fingerprint density at radius 1 is 0.430 bits per heavy atom. The smallest absolute Gasteiger partial charge is 0.334 e. The number of pyridine rings is 3. The number of benzene rings is 6. The minimum absolute atomic E-state index is 0.0170. The van der Waals surface area contributed by atoms with Crippen molar-refractivity contribution in [1.29, 1.82) is 0 Å². The number of carbonyl (C=O) groups is 3. The molecule has 3 aliphatic rings. The average Bonchev–Trinajstić information content (AvgIpc) is 1.61. The van der Waals surface area contributed by atoms with Crippen molar-refractivity contribution in [3.63, 3.8) is 0 Å². The van der Waals surface area contributed by atoms with Gasteiger partial charge in [0.15, 0.2) is 28.9 Å². The molecule has 0 spiro atoms. The highest BCUT2D eigenvalue weighted by atomic mass is 19.1. The van der Waals surface area contributed by atoms with Crippen LogP contribution in [0.5, 0.6) is 46.0 Å². The summed E-state index contributed by atoms with van der Waals surface area (Å²) in [6.45, 7) is 17.7. The van der Waals surface area contributed by atoms with Crippen molar-refractivity contribution < 1.29 is 46.8 Å². The molecule has 25 heteroatoms. The van der Waals surface area contributed by atoms with Gasteiger partial charge < -0.3 is 38.4 Å². The standard InChI is InChI=1S/C28H28N4O4.C27H25FN4O4.C27H25FN4O3/c1-4-27(33)30-16-6-7-21(18-30)32-23-14-15-29-17-24(23)31(28(32)34)20-10-12-22(13-11-20)36-26-9-5-8-25(35-3)19(26)2;1-3-25(33)30-15-5-6-19(17-30)32-22-13-14-29-16-23(22)31(27(32)34)18-9-11-20(12-10-18)36-24-8-4-7-21(28)26(24)35-2;1-3-25(33)30-15-5-7-20(17-30)32-22-13-14-29-16-23(22)31(27(32)34)19-9-11-21(12-10-19)35-24-8-4-6-18(2)26(24)28/h4-5,8-15,17,21H,1,6-7,16,18H2,2-3H3;3-4,7-14,16,19H,1,5-6,15,17H2,2H3;3-4,6,8-14,16,20H,1,5,7,15,17H2,2H3. The summed E-state index contributed by atoms with van der Waals surface area (Å²) in [4.78, 5) is 95.7. The number of imidazole rings is 3. The van der Waals surface area contributed by atoms with Gasteiger partial charge in [0, 0.05) is 63.4 Å². The third kappa shape index (κ3) is 14.8. The Labute approximate surface area is 613 Å². The molecule has 3 saturated heterocycles. The topological polar surface area (TPSA) is 227 Å². The molecule has 3 amide bonds. The van der Waals surface area contributed by atoms with E-state index >= 15 is 0 Å². The number of piperidine rings is 3. The molecule has 0 N–H and O–H groups in total. The second-order valence-electron chi connectivity index (χ2n) is 25.9. The summed E-state index contributed by atoms with van der Waals surface area (Å²) < 4.78 is 66.6. The number of para-hydroxylation sites is 1. The van der Waals surface area contributed by atoms with Crippen LogP contribution in [-0.4, -0.2) is 128 Å². The first-order chi connectivity index (χ1) is 52.0. The molecule has 23 nitrogen and oxygen atoms in total. The van der Waals surface area contributed by atoms with Gasteiger partial charge in [0.2, 0.25) is 17.7 Å². The highest BCUT2D eigenvalue weighted by Gasteiger charge is 2.32. The molecule has 12 aromatic rings. The zero-order valence-electron chi connectivity index (χ0n) is 59.5. The van der Waals surface area contributed by atoms with Crippen LogP contribution in [0.2, 0.25) is 0 Å². The van der Waals surface area contributed by atoms with Crippen molar-refractivity contribution in [2.45, 2.75) is 70.5 Å². The maximum Gasteiger partial charge on any atom is 0.334 e. The zero-order chi connectivity index (χ0) is 75.0. The first-order valence-electron chi connectivity index (χ1n) is 35.0. The molecule has 0 radical (unpaired) electrons. The third-order valence-electron chi connectivity index (χ3n) is 19.5. The molecule has 3 fully saturated rings. The van der Waals surface area contributed by atoms with E-state index in [2.05, 4.69) is 34.7 Å². The van der Waals surface area contributed by atoms with E-state index in [1.54, 1.807) is 166 Å². The second-order valence-corrected chi connectivity index (χ2v) is 25.9. The molecule has 3 aliphatic heterocycles. The predicted molar refractivity (Wildman–Crippen MR) is 403 cm³/mol. The van der Waals surface area contributed by atoms with Gasteiger partial charge in [-0.3, -0.25) is 56.7 Å². The molecule has 9 heterocycles. The average molecular weight is 1450 g/mol. The van der Waals surface area contributed by atoms with E-state index in [4.69, 9.17) is 23.7 Å². The number of nitrogens with zero attached hydrogens (tertiary/aromatic N) is 12. The summed E-state index contributed by atoms with van der Waals surface area (Å²) in [6, 6.07) is 41.4. The van der Waals surface area contributed by atoms with Crippen LogP contribution in [0, 0.1) is 25.5 Å². The van der Waals surface area contributed by atoms with E-state index in [1.807, 2.05) is 67.6 Å². The Morgan fingerprint density at radius 2 is 0.776 bits per heavy atom. The number of methoxy groups -OCH3 is 2. The van der Waals surface area contributed by atoms with Crippen LogP contribution in [0.4, 0.5) is 8.78 Å². The molecular weight excluding hydrogens is 1370 g/mol. The second kappa shape index (κ2) is 32.0. The number of carbonyl (C=O) groups excluding carboxylic acids is 3. The van der Waals surface area contributed by atoms with Gasteiger partial charge in [-0.25, -0.2) is 23.2 Å². The maximum atomic E-state index is 14.3. The lowest BCUT2D eigenvalue weighted by molar-refractivity contribution is -0.128. The number of ether oxygens (including phenoxy) is 5. The van der Waals surface area contributed by atoms with Crippen molar-refractivity contribution in [3.8, 4) is 63.1 Å². The number of hydrogen-bond acceptors (Lipinski definition) is 14. The monoisotopic (exact) mass is 1440 g/mol. The van der Waals surface area contributed by atoms with Crippen LogP contribution >= 0.6 is 0 Å². The number of aromatic nitrogens is 9. The van der Waals surface area contributed by atoms with Gasteiger partial charge >= 0.3 is 17.1 Å². The molecule has 6 aromatic carbocycles. The molecule has 3 atom stereocenters.